The number of hydrogen-bond acceptors (Lipinski definition) is 5. The molecular weight excluding hydrogens is 342 g/mol. The van der Waals surface area contributed by atoms with Crippen molar-refractivity contribution in [2.75, 3.05) is 11.6 Å². The summed E-state index contributed by atoms with van der Waals surface area (Å²) in [5.74, 6) is 0.207. The molecule has 1 saturated carbocycles. The zero-order valence-electron chi connectivity index (χ0n) is 13.4. The summed E-state index contributed by atoms with van der Waals surface area (Å²) in [5, 5.41) is 5.22. The summed E-state index contributed by atoms with van der Waals surface area (Å²) in [6, 6.07) is 3.52. The molecule has 2 heterocycles. The minimum atomic E-state index is -1.08. The normalized spacial score (nSPS) is 17.0. The molecule has 7 heteroatoms. The summed E-state index contributed by atoms with van der Waals surface area (Å²) in [6.07, 6.45) is 11.5. The van der Waals surface area contributed by atoms with Gasteiger partial charge in [0, 0.05) is 24.0 Å². The molecule has 3 rings (SSSR count). The van der Waals surface area contributed by atoms with Gasteiger partial charge >= 0.3 is 0 Å². The van der Waals surface area contributed by atoms with E-state index in [1.54, 1.807) is 30.8 Å². The van der Waals surface area contributed by atoms with E-state index in [1.165, 1.54) is 24.2 Å². The average molecular weight is 361 g/mol. The van der Waals surface area contributed by atoms with Gasteiger partial charge in [-0.25, -0.2) is 4.98 Å². The highest BCUT2D eigenvalue weighted by Gasteiger charge is 2.20. The lowest BCUT2D eigenvalue weighted by atomic mass is 10.0. The Bertz CT molecular complexity index is 749. The topological polar surface area (TPSA) is 72.0 Å². The number of pyridine rings is 1. The molecule has 1 unspecified atom stereocenters. The average Bonchev–Trinajstić information content (AvgIpc) is 3.26. The molecule has 0 aromatic carbocycles. The zero-order chi connectivity index (χ0) is 16.9. The van der Waals surface area contributed by atoms with E-state index in [-0.39, 0.29) is 5.91 Å². The molecule has 24 heavy (non-hydrogen) atoms. The number of allylic oxidation sites excluding steroid dienone is 1. The summed E-state index contributed by atoms with van der Waals surface area (Å²) in [6.45, 7) is 0. The highest BCUT2D eigenvalue weighted by molar-refractivity contribution is 7.84. The molecule has 1 aliphatic carbocycles. The summed E-state index contributed by atoms with van der Waals surface area (Å²) < 4.78 is 11.5. The molecule has 126 valence electrons. The molecule has 0 radical (unpaired) electrons. The van der Waals surface area contributed by atoms with Crippen LogP contribution in [0.2, 0.25) is 0 Å². The van der Waals surface area contributed by atoms with Crippen molar-refractivity contribution in [1.82, 2.24) is 9.97 Å². The first-order valence-electron chi connectivity index (χ1n) is 7.86. The summed E-state index contributed by atoms with van der Waals surface area (Å²) in [7, 11) is -1.08. The van der Waals surface area contributed by atoms with Gasteiger partial charge in [-0.1, -0.05) is 18.9 Å². The minimum absolute atomic E-state index is 0.199. The number of nitrogens with one attached hydrogen (secondary N) is 1. The monoisotopic (exact) mass is 361 g/mol. The van der Waals surface area contributed by atoms with Crippen molar-refractivity contribution < 1.29 is 9.00 Å². The number of hydrogen-bond donors (Lipinski definition) is 1. The second-order valence-corrected chi connectivity index (χ2v) is 8.02. The lowest BCUT2D eigenvalue weighted by Crippen LogP contribution is -2.15. The Morgan fingerprint density at radius 2 is 2.12 bits per heavy atom. The maximum absolute atomic E-state index is 12.7. The summed E-state index contributed by atoms with van der Waals surface area (Å²) >= 11 is 1.38. The third-order valence-electron chi connectivity index (χ3n) is 4.04. The molecular formula is C17H19N3O2S2. The van der Waals surface area contributed by atoms with Gasteiger partial charge in [0.1, 0.15) is 0 Å². The van der Waals surface area contributed by atoms with Crippen LogP contribution in [-0.4, -0.2) is 26.3 Å². The molecule has 2 aromatic rings. The second kappa shape index (κ2) is 7.81. The van der Waals surface area contributed by atoms with E-state index in [9.17, 15) is 9.00 Å². The number of carbonyl (C=O) groups excluding carboxylic acids is 1. The highest BCUT2D eigenvalue weighted by Crippen LogP contribution is 2.29. The first-order chi connectivity index (χ1) is 11.6. The Kier molecular flexibility index (Phi) is 5.52. The van der Waals surface area contributed by atoms with Gasteiger partial charge in [-0.15, -0.1) is 11.3 Å². The van der Waals surface area contributed by atoms with Crippen molar-refractivity contribution in [3.05, 3.63) is 41.7 Å². The van der Waals surface area contributed by atoms with Crippen molar-refractivity contribution in [1.29, 1.82) is 0 Å². The standard InChI is InChI=1S/C17H19N3O2S2/c1-24(22)13-6-7-15(19-11-13)14(10-12-4-2-3-5-12)16(21)20-17-18-8-9-23-17/h6-12H,2-5H2,1H3,(H,18,20,21)/b14-10+. The first kappa shape index (κ1) is 17.0. The Labute approximate surface area is 147 Å². The molecule has 5 nitrogen and oxygen atoms in total. The lowest BCUT2D eigenvalue weighted by Gasteiger charge is -2.10. The van der Waals surface area contributed by atoms with Gasteiger partial charge in [-0.3, -0.25) is 19.3 Å². The Hall–Kier alpha value is -1.86. The number of amides is 1. The van der Waals surface area contributed by atoms with Gasteiger partial charge in [-0.05, 0) is 30.9 Å². The van der Waals surface area contributed by atoms with Crippen LogP contribution < -0.4 is 5.32 Å². The van der Waals surface area contributed by atoms with E-state index in [0.29, 0.717) is 27.2 Å². The van der Waals surface area contributed by atoms with Crippen LogP contribution in [0.1, 0.15) is 31.4 Å². The number of aromatic nitrogens is 2. The van der Waals surface area contributed by atoms with Crippen LogP contribution >= 0.6 is 11.3 Å². The van der Waals surface area contributed by atoms with Crippen LogP contribution in [0, 0.1) is 5.92 Å². The van der Waals surface area contributed by atoms with Gasteiger partial charge in [-0.2, -0.15) is 0 Å². The predicted molar refractivity (Wildman–Crippen MR) is 97.2 cm³/mol. The fourth-order valence-corrected chi connectivity index (χ4v) is 3.78. The van der Waals surface area contributed by atoms with Gasteiger partial charge in [0.15, 0.2) is 5.13 Å². The summed E-state index contributed by atoms with van der Waals surface area (Å²) in [5.41, 5.74) is 1.16. The van der Waals surface area contributed by atoms with Crippen molar-refractivity contribution in [3.63, 3.8) is 0 Å². The second-order valence-electron chi connectivity index (χ2n) is 5.75. The molecule has 0 aliphatic heterocycles. The van der Waals surface area contributed by atoms with Crippen molar-refractivity contribution in [2.24, 2.45) is 5.92 Å². The highest BCUT2D eigenvalue weighted by atomic mass is 32.2. The van der Waals surface area contributed by atoms with E-state index < -0.39 is 10.8 Å². The van der Waals surface area contributed by atoms with Crippen LogP contribution in [0.15, 0.2) is 40.9 Å². The first-order valence-corrected chi connectivity index (χ1v) is 10.3. The zero-order valence-corrected chi connectivity index (χ0v) is 15.0. The number of carbonyl (C=O) groups is 1. The quantitative estimate of drug-likeness (QED) is 0.828. The lowest BCUT2D eigenvalue weighted by molar-refractivity contribution is -0.111. The molecule has 1 N–H and O–H groups in total. The van der Waals surface area contributed by atoms with Gasteiger partial charge in [0.25, 0.3) is 5.91 Å². The molecule has 1 amide bonds. The van der Waals surface area contributed by atoms with Gasteiger partial charge < -0.3 is 0 Å². The van der Waals surface area contributed by atoms with E-state index in [0.717, 1.165) is 12.8 Å². The third-order valence-corrected chi connectivity index (χ3v) is 5.64. The van der Waals surface area contributed by atoms with Crippen LogP contribution in [0.25, 0.3) is 5.57 Å². The maximum atomic E-state index is 12.7. The number of anilines is 1. The molecule has 0 spiro atoms. The fraction of sp³-hybridized carbons (Fsp3) is 0.353. The fourth-order valence-electron chi connectivity index (χ4n) is 2.80. The molecule has 1 fully saturated rings. The molecule has 1 aliphatic rings. The Morgan fingerprint density at radius 3 is 2.71 bits per heavy atom. The van der Waals surface area contributed by atoms with Crippen LogP contribution in [0.3, 0.4) is 0 Å². The molecule has 1 atom stereocenters. The van der Waals surface area contributed by atoms with Crippen molar-refractivity contribution in [3.8, 4) is 0 Å². The number of nitrogens with zero attached hydrogens (tertiary/aromatic N) is 2. The Balaban J connectivity index is 1.88. The third kappa shape index (κ3) is 4.15. The van der Waals surface area contributed by atoms with E-state index in [1.807, 2.05) is 11.5 Å². The number of thiazole rings is 1. The summed E-state index contributed by atoms with van der Waals surface area (Å²) in [4.78, 5) is 21.8. The molecule has 0 bridgehead atoms. The van der Waals surface area contributed by atoms with E-state index >= 15 is 0 Å². The SMILES string of the molecule is CS(=O)c1ccc(/C(=C\C2CCCC2)C(=O)Nc2nccs2)nc1. The predicted octanol–water partition coefficient (Wildman–Crippen LogP) is 3.49. The number of rotatable bonds is 5. The maximum Gasteiger partial charge on any atom is 0.259 e. The van der Waals surface area contributed by atoms with Crippen LogP contribution in [0.5, 0.6) is 0 Å². The minimum Gasteiger partial charge on any atom is -0.298 e. The molecule has 2 aromatic heterocycles. The Morgan fingerprint density at radius 1 is 1.33 bits per heavy atom. The van der Waals surface area contributed by atoms with E-state index in [2.05, 4.69) is 15.3 Å². The smallest absolute Gasteiger partial charge is 0.259 e. The molecule has 0 saturated heterocycles. The van der Waals surface area contributed by atoms with Gasteiger partial charge in [0.2, 0.25) is 0 Å². The van der Waals surface area contributed by atoms with Crippen LogP contribution in [0.4, 0.5) is 5.13 Å². The van der Waals surface area contributed by atoms with Crippen molar-refractivity contribution in [2.45, 2.75) is 30.6 Å². The van der Waals surface area contributed by atoms with Gasteiger partial charge in [0.05, 0.1) is 27.0 Å². The van der Waals surface area contributed by atoms with Crippen LogP contribution in [-0.2, 0) is 15.6 Å². The van der Waals surface area contributed by atoms with E-state index in [4.69, 9.17) is 0 Å². The van der Waals surface area contributed by atoms with Crippen molar-refractivity contribution >= 4 is 38.7 Å². The largest absolute Gasteiger partial charge is 0.298 e.